The van der Waals surface area contributed by atoms with Gasteiger partial charge in [0.1, 0.15) is 0 Å². The van der Waals surface area contributed by atoms with Crippen LogP contribution in [0.25, 0.3) is 0 Å². The summed E-state index contributed by atoms with van der Waals surface area (Å²) < 4.78 is 0. The van der Waals surface area contributed by atoms with E-state index in [1.165, 1.54) is 52.1 Å². The predicted octanol–water partition coefficient (Wildman–Crippen LogP) is 1.26. The van der Waals surface area contributed by atoms with Crippen LogP contribution >= 0.6 is 0 Å². The zero-order valence-electron chi connectivity index (χ0n) is 11.8. The summed E-state index contributed by atoms with van der Waals surface area (Å²) >= 11 is 0. The summed E-state index contributed by atoms with van der Waals surface area (Å²) in [7, 11) is 2.12. The van der Waals surface area contributed by atoms with Crippen LogP contribution in [0.4, 0.5) is 0 Å². The molecule has 2 rings (SSSR count). The van der Waals surface area contributed by atoms with E-state index in [0.717, 1.165) is 17.9 Å². The number of nitrogens with one attached hydrogen (secondary N) is 1. The molecule has 3 heteroatoms. The smallest absolute Gasteiger partial charge is 0.0220 e. The highest BCUT2D eigenvalue weighted by Gasteiger charge is 2.31. The lowest BCUT2D eigenvalue weighted by Gasteiger charge is -2.37. The Balaban J connectivity index is 1.67. The van der Waals surface area contributed by atoms with Crippen molar-refractivity contribution in [2.45, 2.75) is 32.7 Å². The van der Waals surface area contributed by atoms with Crippen molar-refractivity contribution in [1.29, 1.82) is 0 Å². The monoisotopic (exact) mass is 239 g/mol. The van der Waals surface area contributed by atoms with Crippen LogP contribution in [-0.2, 0) is 0 Å². The zero-order chi connectivity index (χ0) is 12.3. The highest BCUT2D eigenvalue weighted by atomic mass is 15.3. The molecule has 1 unspecified atom stereocenters. The fourth-order valence-corrected chi connectivity index (χ4v) is 2.92. The summed E-state index contributed by atoms with van der Waals surface area (Å²) in [6, 6.07) is 0.742. The molecule has 1 aliphatic carbocycles. The first-order valence-corrected chi connectivity index (χ1v) is 7.31. The number of hydrogen-bond donors (Lipinski definition) is 1. The van der Waals surface area contributed by atoms with Crippen molar-refractivity contribution < 1.29 is 0 Å². The SMILES string of the molecule is CNC(CN1CCN(CC(C)C)CC1)C1CC1. The third kappa shape index (κ3) is 4.23. The summed E-state index contributed by atoms with van der Waals surface area (Å²) in [6.07, 6.45) is 2.89. The van der Waals surface area contributed by atoms with Gasteiger partial charge in [0.05, 0.1) is 0 Å². The minimum atomic E-state index is 0.742. The maximum Gasteiger partial charge on any atom is 0.0220 e. The van der Waals surface area contributed by atoms with Gasteiger partial charge < -0.3 is 10.2 Å². The minimum Gasteiger partial charge on any atom is -0.315 e. The summed E-state index contributed by atoms with van der Waals surface area (Å²) in [5, 5.41) is 3.50. The van der Waals surface area contributed by atoms with Crippen LogP contribution in [-0.4, -0.2) is 62.2 Å². The molecule has 1 saturated carbocycles. The standard InChI is InChI=1S/C14H29N3/c1-12(2)10-16-6-8-17(9-7-16)11-14(15-3)13-4-5-13/h12-15H,4-11H2,1-3H3. The van der Waals surface area contributed by atoms with Gasteiger partial charge in [0.2, 0.25) is 0 Å². The van der Waals surface area contributed by atoms with Gasteiger partial charge in [-0.15, -0.1) is 0 Å². The van der Waals surface area contributed by atoms with Crippen molar-refractivity contribution in [1.82, 2.24) is 15.1 Å². The van der Waals surface area contributed by atoms with Crippen LogP contribution < -0.4 is 5.32 Å². The molecule has 0 amide bonds. The molecule has 0 spiro atoms. The molecular formula is C14H29N3. The van der Waals surface area contributed by atoms with Crippen LogP contribution in [0.3, 0.4) is 0 Å². The van der Waals surface area contributed by atoms with Crippen molar-refractivity contribution in [2.75, 3.05) is 46.3 Å². The second-order valence-corrected chi connectivity index (χ2v) is 6.23. The van der Waals surface area contributed by atoms with Crippen LogP contribution in [0.15, 0.2) is 0 Å². The molecule has 2 fully saturated rings. The Kier molecular flexibility index (Phi) is 4.83. The van der Waals surface area contributed by atoms with E-state index in [-0.39, 0.29) is 0 Å². The third-order valence-electron chi connectivity index (χ3n) is 4.10. The fourth-order valence-electron chi connectivity index (χ4n) is 2.92. The van der Waals surface area contributed by atoms with E-state index >= 15 is 0 Å². The molecule has 100 valence electrons. The van der Waals surface area contributed by atoms with Gasteiger partial charge in [-0.2, -0.15) is 0 Å². The fraction of sp³-hybridized carbons (Fsp3) is 1.00. The normalized spacial score (nSPS) is 25.4. The molecule has 1 aliphatic heterocycles. The first-order chi connectivity index (χ1) is 8.19. The number of likely N-dealkylation sites (N-methyl/N-ethyl adjacent to an activating group) is 1. The van der Waals surface area contributed by atoms with E-state index < -0.39 is 0 Å². The van der Waals surface area contributed by atoms with Crippen LogP contribution in [0.1, 0.15) is 26.7 Å². The van der Waals surface area contributed by atoms with E-state index in [1.54, 1.807) is 0 Å². The predicted molar refractivity (Wildman–Crippen MR) is 73.3 cm³/mol. The number of rotatable bonds is 6. The summed E-state index contributed by atoms with van der Waals surface area (Å²) in [5.74, 6) is 1.77. The first-order valence-electron chi connectivity index (χ1n) is 7.31. The highest BCUT2D eigenvalue weighted by molar-refractivity contribution is 4.88. The number of nitrogens with zero attached hydrogens (tertiary/aromatic N) is 2. The minimum absolute atomic E-state index is 0.742. The van der Waals surface area contributed by atoms with Gasteiger partial charge in [-0.3, -0.25) is 4.90 Å². The molecule has 0 aromatic rings. The Morgan fingerprint density at radius 3 is 1.94 bits per heavy atom. The molecule has 0 radical (unpaired) electrons. The zero-order valence-corrected chi connectivity index (χ0v) is 11.8. The number of hydrogen-bond acceptors (Lipinski definition) is 3. The summed E-state index contributed by atoms with van der Waals surface area (Å²) in [4.78, 5) is 5.27. The van der Waals surface area contributed by atoms with E-state index in [4.69, 9.17) is 0 Å². The highest BCUT2D eigenvalue weighted by Crippen LogP contribution is 2.32. The Morgan fingerprint density at radius 2 is 1.53 bits per heavy atom. The first kappa shape index (κ1) is 13.3. The molecule has 17 heavy (non-hydrogen) atoms. The molecule has 1 heterocycles. The Labute approximate surface area is 107 Å². The van der Waals surface area contributed by atoms with Gasteiger partial charge in [0.25, 0.3) is 0 Å². The lowest BCUT2D eigenvalue weighted by Crippen LogP contribution is -2.51. The Hall–Kier alpha value is -0.120. The van der Waals surface area contributed by atoms with Gasteiger partial charge >= 0.3 is 0 Å². The van der Waals surface area contributed by atoms with Crippen molar-refractivity contribution in [3.63, 3.8) is 0 Å². The third-order valence-corrected chi connectivity index (χ3v) is 4.10. The van der Waals surface area contributed by atoms with Crippen molar-refractivity contribution in [3.05, 3.63) is 0 Å². The van der Waals surface area contributed by atoms with Crippen LogP contribution in [0, 0.1) is 11.8 Å². The van der Waals surface area contributed by atoms with Gasteiger partial charge in [-0.1, -0.05) is 13.8 Å². The largest absolute Gasteiger partial charge is 0.315 e. The second kappa shape index (κ2) is 6.17. The summed E-state index contributed by atoms with van der Waals surface area (Å²) in [5.41, 5.74) is 0. The lowest BCUT2D eigenvalue weighted by molar-refractivity contribution is 0.112. The van der Waals surface area contributed by atoms with E-state index in [9.17, 15) is 0 Å². The van der Waals surface area contributed by atoms with Crippen LogP contribution in [0.5, 0.6) is 0 Å². The quantitative estimate of drug-likeness (QED) is 0.753. The molecular weight excluding hydrogens is 210 g/mol. The topological polar surface area (TPSA) is 18.5 Å². The van der Waals surface area contributed by atoms with Gasteiger partial charge in [-0.25, -0.2) is 0 Å². The van der Waals surface area contributed by atoms with Gasteiger partial charge in [0.15, 0.2) is 0 Å². The van der Waals surface area contributed by atoms with Crippen molar-refractivity contribution in [3.8, 4) is 0 Å². The van der Waals surface area contributed by atoms with E-state index in [0.29, 0.717) is 0 Å². The molecule has 3 nitrogen and oxygen atoms in total. The average Bonchev–Trinajstić information content (AvgIpc) is 3.11. The lowest BCUT2D eigenvalue weighted by atomic mass is 10.1. The maximum atomic E-state index is 3.50. The van der Waals surface area contributed by atoms with Crippen molar-refractivity contribution >= 4 is 0 Å². The second-order valence-electron chi connectivity index (χ2n) is 6.23. The van der Waals surface area contributed by atoms with E-state index in [1.807, 2.05) is 0 Å². The van der Waals surface area contributed by atoms with Gasteiger partial charge in [-0.05, 0) is 31.7 Å². The molecule has 1 saturated heterocycles. The summed E-state index contributed by atoms with van der Waals surface area (Å²) in [6.45, 7) is 12.2. The Morgan fingerprint density at radius 1 is 1.00 bits per heavy atom. The Bertz CT molecular complexity index is 218. The molecule has 0 aromatic heterocycles. The molecule has 0 bridgehead atoms. The maximum absolute atomic E-state index is 3.50. The molecule has 2 aliphatic rings. The molecule has 1 atom stereocenters. The van der Waals surface area contributed by atoms with Crippen molar-refractivity contribution in [2.24, 2.45) is 11.8 Å². The molecule has 0 aromatic carbocycles. The van der Waals surface area contributed by atoms with E-state index in [2.05, 4.69) is 36.0 Å². The average molecular weight is 239 g/mol. The number of piperazine rings is 1. The molecule has 1 N–H and O–H groups in total. The van der Waals surface area contributed by atoms with Crippen LogP contribution in [0.2, 0.25) is 0 Å². The van der Waals surface area contributed by atoms with Gasteiger partial charge in [0, 0.05) is 45.3 Å².